The van der Waals surface area contributed by atoms with E-state index in [1.54, 1.807) is 0 Å². The fraction of sp³-hybridized carbons (Fsp3) is 0.417. The molecule has 2 nitrogen and oxygen atoms in total. The van der Waals surface area contributed by atoms with Gasteiger partial charge in [-0.2, -0.15) is 0 Å². The van der Waals surface area contributed by atoms with Gasteiger partial charge in [0.15, 0.2) is 0 Å². The van der Waals surface area contributed by atoms with Crippen LogP contribution >= 0.6 is 0 Å². The minimum Gasteiger partial charge on any atom is -0.481 e. The molecule has 0 saturated carbocycles. The van der Waals surface area contributed by atoms with Crippen molar-refractivity contribution in [3.63, 3.8) is 0 Å². The van der Waals surface area contributed by atoms with Crippen LogP contribution in [0.15, 0.2) is 24.3 Å². The molecule has 0 spiro atoms. The molecular weight excluding hydrogens is 176 g/mol. The van der Waals surface area contributed by atoms with Crippen LogP contribution in [-0.4, -0.2) is 11.1 Å². The molecule has 76 valence electrons. The van der Waals surface area contributed by atoms with Crippen molar-refractivity contribution in [1.29, 1.82) is 0 Å². The number of aliphatic carboxylic acids is 1. The molecule has 1 aromatic rings. The zero-order valence-corrected chi connectivity index (χ0v) is 8.66. The van der Waals surface area contributed by atoms with Crippen LogP contribution in [0.25, 0.3) is 0 Å². The van der Waals surface area contributed by atoms with Crippen LogP contribution in [0, 0.1) is 6.92 Å². The van der Waals surface area contributed by atoms with E-state index in [2.05, 4.69) is 26.0 Å². The Morgan fingerprint density at radius 2 is 2.07 bits per heavy atom. The molecule has 0 heterocycles. The van der Waals surface area contributed by atoms with Crippen LogP contribution in [-0.2, 0) is 4.79 Å². The van der Waals surface area contributed by atoms with Crippen LogP contribution in [0.3, 0.4) is 0 Å². The summed E-state index contributed by atoms with van der Waals surface area (Å²) in [6, 6.07) is 8.14. The standard InChI is InChI=1S/C12H16O2/c1-9-5-3-4-6-11(9)10(2)7-8-12(13)14/h3-6,10H,7-8H2,1-2H3,(H,13,14). The molecule has 1 rings (SSSR count). The average Bonchev–Trinajstić information content (AvgIpc) is 2.15. The van der Waals surface area contributed by atoms with E-state index in [1.807, 2.05) is 12.1 Å². The fourth-order valence-electron chi connectivity index (χ4n) is 1.64. The first-order chi connectivity index (χ1) is 6.61. The van der Waals surface area contributed by atoms with Crippen LogP contribution < -0.4 is 0 Å². The van der Waals surface area contributed by atoms with E-state index in [4.69, 9.17) is 5.11 Å². The molecule has 0 radical (unpaired) electrons. The van der Waals surface area contributed by atoms with Gasteiger partial charge in [0.2, 0.25) is 0 Å². The Morgan fingerprint density at radius 3 is 2.64 bits per heavy atom. The Bertz CT molecular complexity index is 318. The van der Waals surface area contributed by atoms with Gasteiger partial charge in [-0.1, -0.05) is 31.2 Å². The van der Waals surface area contributed by atoms with Gasteiger partial charge in [0.05, 0.1) is 0 Å². The van der Waals surface area contributed by atoms with Crippen LogP contribution in [0.4, 0.5) is 0 Å². The van der Waals surface area contributed by atoms with Crippen molar-refractivity contribution >= 4 is 5.97 Å². The summed E-state index contributed by atoms with van der Waals surface area (Å²) in [7, 11) is 0. The van der Waals surface area contributed by atoms with Crippen molar-refractivity contribution in [1.82, 2.24) is 0 Å². The van der Waals surface area contributed by atoms with Gasteiger partial charge >= 0.3 is 5.97 Å². The second-order valence-electron chi connectivity index (χ2n) is 3.69. The second kappa shape index (κ2) is 4.80. The number of carboxylic acid groups (broad SMARTS) is 1. The Kier molecular flexibility index (Phi) is 3.69. The lowest BCUT2D eigenvalue weighted by Crippen LogP contribution is -2.01. The third kappa shape index (κ3) is 2.87. The number of hydrogen-bond donors (Lipinski definition) is 1. The SMILES string of the molecule is Cc1ccccc1C(C)CCC(=O)O. The first-order valence-electron chi connectivity index (χ1n) is 4.88. The monoisotopic (exact) mass is 192 g/mol. The zero-order chi connectivity index (χ0) is 10.6. The Balaban J connectivity index is 2.65. The summed E-state index contributed by atoms with van der Waals surface area (Å²) in [4.78, 5) is 10.4. The number of aryl methyl sites for hydroxylation is 1. The summed E-state index contributed by atoms with van der Waals surface area (Å²) in [6.45, 7) is 4.14. The molecule has 1 N–H and O–H groups in total. The highest BCUT2D eigenvalue weighted by Crippen LogP contribution is 2.23. The molecule has 0 aromatic heterocycles. The molecule has 0 saturated heterocycles. The maximum atomic E-state index is 10.4. The van der Waals surface area contributed by atoms with Crippen molar-refractivity contribution in [3.05, 3.63) is 35.4 Å². The number of carboxylic acids is 1. The van der Waals surface area contributed by atoms with Gasteiger partial charge in [0.25, 0.3) is 0 Å². The van der Waals surface area contributed by atoms with Crippen molar-refractivity contribution in [2.24, 2.45) is 0 Å². The molecule has 0 aliphatic heterocycles. The van der Waals surface area contributed by atoms with Gasteiger partial charge < -0.3 is 5.11 Å². The van der Waals surface area contributed by atoms with Crippen LogP contribution in [0.1, 0.15) is 36.8 Å². The minimum atomic E-state index is -0.717. The number of hydrogen-bond acceptors (Lipinski definition) is 1. The average molecular weight is 192 g/mol. The summed E-state index contributed by atoms with van der Waals surface area (Å²) in [5.41, 5.74) is 2.50. The lowest BCUT2D eigenvalue weighted by molar-refractivity contribution is -0.137. The van der Waals surface area contributed by atoms with E-state index in [-0.39, 0.29) is 6.42 Å². The molecule has 0 aliphatic carbocycles. The smallest absolute Gasteiger partial charge is 0.303 e. The van der Waals surface area contributed by atoms with Crippen LogP contribution in [0.5, 0.6) is 0 Å². The molecule has 2 heteroatoms. The van der Waals surface area contributed by atoms with Gasteiger partial charge in [0.1, 0.15) is 0 Å². The fourth-order valence-corrected chi connectivity index (χ4v) is 1.64. The third-order valence-corrected chi connectivity index (χ3v) is 2.51. The summed E-state index contributed by atoms with van der Waals surface area (Å²) in [6.07, 6.45) is 0.954. The Morgan fingerprint density at radius 1 is 1.43 bits per heavy atom. The van der Waals surface area contributed by atoms with E-state index in [9.17, 15) is 4.79 Å². The largest absolute Gasteiger partial charge is 0.481 e. The van der Waals surface area contributed by atoms with Gasteiger partial charge in [-0.15, -0.1) is 0 Å². The molecule has 14 heavy (non-hydrogen) atoms. The molecule has 1 atom stereocenters. The molecule has 1 unspecified atom stereocenters. The molecule has 0 fully saturated rings. The summed E-state index contributed by atoms with van der Waals surface area (Å²) in [5, 5.41) is 8.58. The molecule has 1 aromatic carbocycles. The van der Waals surface area contributed by atoms with Gasteiger partial charge in [-0.3, -0.25) is 4.79 Å². The Labute approximate surface area is 84.6 Å². The van der Waals surface area contributed by atoms with Crippen molar-refractivity contribution in [3.8, 4) is 0 Å². The number of benzene rings is 1. The van der Waals surface area contributed by atoms with E-state index in [0.717, 1.165) is 0 Å². The number of rotatable bonds is 4. The summed E-state index contributed by atoms with van der Waals surface area (Å²) >= 11 is 0. The lowest BCUT2D eigenvalue weighted by atomic mass is 9.93. The van der Waals surface area contributed by atoms with E-state index in [1.165, 1.54) is 11.1 Å². The zero-order valence-electron chi connectivity index (χ0n) is 8.66. The highest BCUT2D eigenvalue weighted by molar-refractivity contribution is 5.66. The lowest BCUT2D eigenvalue weighted by Gasteiger charge is -2.12. The normalized spacial score (nSPS) is 12.4. The van der Waals surface area contributed by atoms with Crippen molar-refractivity contribution in [2.75, 3.05) is 0 Å². The molecule has 0 amide bonds. The van der Waals surface area contributed by atoms with E-state index < -0.39 is 5.97 Å². The molecule has 0 aliphatic rings. The summed E-state index contributed by atoms with van der Waals surface area (Å²) < 4.78 is 0. The molecule has 0 bridgehead atoms. The van der Waals surface area contributed by atoms with Crippen LogP contribution in [0.2, 0.25) is 0 Å². The van der Waals surface area contributed by atoms with E-state index in [0.29, 0.717) is 12.3 Å². The second-order valence-corrected chi connectivity index (χ2v) is 3.69. The topological polar surface area (TPSA) is 37.3 Å². The highest BCUT2D eigenvalue weighted by Gasteiger charge is 2.09. The predicted octanol–water partition coefficient (Wildman–Crippen LogP) is 2.96. The first-order valence-corrected chi connectivity index (χ1v) is 4.88. The molecular formula is C12H16O2. The van der Waals surface area contributed by atoms with Crippen molar-refractivity contribution < 1.29 is 9.90 Å². The maximum Gasteiger partial charge on any atom is 0.303 e. The first kappa shape index (κ1) is 10.8. The predicted molar refractivity (Wildman–Crippen MR) is 56.5 cm³/mol. The Hall–Kier alpha value is -1.31. The van der Waals surface area contributed by atoms with Gasteiger partial charge in [0, 0.05) is 6.42 Å². The maximum absolute atomic E-state index is 10.4. The van der Waals surface area contributed by atoms with Gasteiger partial charge in [-0.25, -0.2) is 0 Å². The third-order valence-electron chi connectivity index (χ3n) is 2.51. The number of carbonyl (C=O) groups is 1. The quantitative estimate of drug-likeness (QED) is 0.796. The van der Waals surface area contributed by atoms with Gasteiger partial charge in [-0.05, 0) is 30.4 Å². The minimum absolute atomic E-state index is 0.246. The van der Waals surface area contributed by atoms with E-state index >= 15 is 0 Å². The summed E-state index contributed by atoms with van der Waals surface area (Å²) in [5.74, 6) is -0.391. The highest BCUT2D eigenvalue weighted by atomic mass is 16.4. The van der Waals surface area contributed by atoms with Crippen molar-refractivity contribution in [2.45, 2.75) is 32.6 Å².